The number of para-hydroxylation sites is 1. The van der Waals surface area contributed by atoms with Crippen molar-refractivity contribution in [3.05, 3.63) is 36.5 Å². The van der Waals surface area contributed by atoms with E-state index in [-0.39, 0.29) is 0 Å². The van der Waals surface area contributed by atoms with Crippen LogP contribution in [0.5, 0.6) is 0 Å². The van der Waals surface area contributed by atoms with Gasteiger partial charge in [0.25, 0.3) is 0 Å². The van der Waals surface area contributed by atoms with Crippen molar-refractivity contribution in [2.45, 2.75) is 0 Å². The van der Waals surface area contributed by atoms with E-state index in [2.05, 4.69) is 29.2 Å². The quantitative estimate of drug-likeness (QED) is 0.627. The summed E-state index contributed by atoms with van der Waals surface area (Å²) in [5.41, 5.74) is 1.11. The van der Waals surface area contributed by atoms with Crippen molar-refractivity contribution in [3.63, 3.8) is 0 Å². The molecule has 2 radical (unpaired) electrons. The van der Waals surface area contributed by atoms with Gasteiger partial charge >= 0.3 is 78.5 Å². The third-order valence-corrected chi connectivity index (χ3v) is 3.12. The minimum absolute atomic E-state index is 1.11. The van der Waals surface area contributed by atoms with Crippen molar-refractivity contribution in [3.8, 4) is 0 Å². The fourth-order valence-corrected chi connectivity index (χ4v) is 2.06. The molecule has 52 valence electrons. The van der Waals surface area contributed by atoms with Crippen LogP contribution in [0.15, 0.2) is 36.5 Å². The summed E-state index contributed by atoms with van der Waals surface area (Å²) in [4.78, 5) is 4.26. The number of rotatable bonds is 0. The Balaban J connectivity index is 2.91. The predicted molar refractivity (Wildman–Crippen MR) is 48.5 cm³/mol. The molecule has 0 aliphatic carbocycles. The molecule has 0 spiro atoms. The molecular formula is C9H7NSn. The van der Waals surface area contributed by atoms with Crippen molar-refractivity contribution in [1.29, 1.82) is 0 Å². The third kappa shape index (κ3) is 1.25. The normalized spacial score (nSPS) is 10.3. The van der Waals surface area contributed by atoms with Crippen LogP contribution in [0, 0.1) is 0 Å². The Hall–Kier alpha value is -0.571. The molecule has 0 amide bonds. The Labute approximate surface area is 78.5 Å². The molecule has 11 heavy (non-hydrogen) atoms. The monoisotopic (exact) mass is 249 g/mol. The molecule has 0 aliphatic heterocycles. The molecule has 1 aromatic heterocycles. The fourth-order valence-electron chi connectivity index (χ4n) is 1.12. The molecule has 0 aliphatic rings. The maximum absolute atomic E-state index is 4.26. The second-order valence-electron chi connectivity index (χ2n) is 2.42. The number of aromatic nitrogens is 1. The molecule has 0 bridgehead atoms. The SMILES string of the molecule is [SnH][c]1ccnc2ccccc12. The van der Waals surface area contributed by atoms with Crippen molar-refractivity contribution >= 4 is 37.0 Å². The minimum atomic E-state index is 1.11. The summed E-state index contributed by atoms with van der Waals surface area (Å²) in [5.74, 6) is 0. The summed E-state index contributed by atoms with van der Waals surface area (Å²) in [7, 11) is 0. The Bertz CT molecular complexity index is 379. The number of hydrogen-bond donors (Lipinski definition) is 0. The molecule has 0 unspecified atom stereocenters. The van der Waals surface area contributed by atoms with Crippen LogP contribution >= 0.6 is 0 Å². The number of nitrogens with zero attached hydrogens (tertiary/aromatic N) is 1. The van der Waals surface area contributed by atoms with Gasteiger partial charge in [-0.2, -0.15) is 0 Å². The van der Waals surface area contributed by atoms with Gasteiger partial charge in [0.2, 0.25) is 0 Å². The number of hydrogen-bond acceptors (Lipinski definition) is 1. The molecule has 1 heterocycles. The van der Waals surface area contributed by atoms with Gasteiger partial charge in [0.1, 0.15) is 0 Å². The van der Waals surface area contributed by atoms with E-state index in [4.69, 9.17) is 0 Å². The molecule has 0 N–H and O–H groups in total. The van der Waals surface area contributed by atoms with Crippen LogP contribution in [0.3, 0.4) is 0 Å². The number of benzene rings is 1. The molecular weight excluding hydrogens is 241 g/mol. The van der Waals surface area contributed by atoms with Gasteiger partial charge < -0.3 is 0 Å². The molecule has 1 aromatic carbocycles. The summed E-state index contributed by atoms with van der Waals surface area (Å²) in [6, 6.07) is 10.3. The zero-order valence-corrected chi connectivity index (χ0v) is 9.28. The first-order chi connectivity index (χ1) is 5.38. The van der Waals surface area contributed by atoms with E-state index >= 15 is 0 Å². The molecule has 0 fully saturated rings. The van der Waals surface area contributed by atoms with Crippen molar-refractivity contribution in [2.75, 3.05) is 0 Å². The number of fused-ring (bicyclic) bond motifs is 1. The van der Waals surface area contributed by atoms with Gasteiger partial charge in [0, 0.05) is 0 Å². The van der Waals surface area contributed by atoms with Gasteiger partial charge in [-0.3, -0.25) is 0 Å². The second kappa shape index (κ2) is 2.81. The van der Waals surface area contributed by atoms with E-state index in [0.29, 0.717) is 0 Å². The summed E-state index contributed by atoms with van der Waals surface area (Å²) in [5, 5.41) is 1.30. The molecule has 1 nitrogen and oxygen atoms in total. The molecule has 0 saturated heterocycles. The Morgan fingerprint density at radius 3 is 2.73 bits per heavy atom. The zero-order chi connectivity index (χ0) is 7.68. The average molecular weight is 248 g/mol. The van der Waals surface area contributed by atoms with Crippen molar-refractivity contribution in [2.24, 2.45) is 0 Å². The van der Waals surface area contributed by atoms with Crippen LogP contribution in [0.25, 0.3) is 10.9 Å². The molecule has 2 rings (SSSR count). The van der Waals surface area contributed by atoms with Crippen molar-refractivity contribution < 1.29 is 0 Å². The predicted octanol–water partition coefficient (Wildman–Crippen LogP) is 0.761. The van der Waals surface area contributed by atoms with Gasteiger partial charge in [0.15, 0.2) is 0 Å². The van der Waals surface area contributed by atoms with Gasteiger partial charge in [-0.05, 0) is 0 Å². The van der Waals surface area contributed by atoms with E-state index in [1.807, 2.05) is 12.3 Å². The van der Waals surface area contributed by atoms with Crippen LogP contribution in [0.1, 0.15) is 0 Å². The van der Waals surface area contributed by atoms with E-state index in [1.165, 1.54) is 8.97 Å². The Kier molecular flexibility index (Phi) is 1.82. The Morgan fingerprint density at radius 2 is 1.91 bits per heavy atom. The first-order valence-electron chi connectivity index (χ1n) is 3.47. The molecule has 2 aromatic rings. The molecule has 0 saturated carbocycles. The van der Waals surface area contributed by atoms with E-state index in [1.54, 1.807) is 0 Å². The van der Waals surface area contributed by atoms with E-state index < -0.39 is 0 Å². The first kappa shape index (κ1) is 7.10. The van der Waals surface area contributed by atoms with E-state index in [9.17, 15) is 0 Å². The topological polar surface area (TPSA) is 12.9 Å². The summed E-state index contributed by atoms with van der Waals surface area (Å²) in [6.07, 6.45) is 1.88. The third-order valence-electron chi connectivity index (χ3n) is 1.68. The van der Waals surface area contributed by atoms with Crippen LogP contribution in [0.4, 0.5) is 0 Å². The van der Waals surface area contributed by atoms with Gasteiger partial charge in [0.05, 0.1) is 0 Å². The van der Waals surface area contributed by atoms with Crippen LogP contribution < -0.4 is 3.58 Å². The van der Waals surface area contributed by atoms with Gasteiger partial charge in [-0.15, -0.1) is 0 Å². The van der Waals surface area contributed by atoms with Crippen LogP contribution in [-0.4, -0.2) is 27.5 Å². The Morgan fingerprint density at radius 1 is 1.09 bits per heavy atom. The summed E-state index contributed by atoms with van der Waals surface area (Å²) >= 11 is 1.16. The number of pyridine rings is 1. The fraction of sp³-hybridized carbons (Fsp3) is 0. The van der Waals surface area contributed by atoms with Crippen molar-refractivity contribution in [1.82, 2.24) is 4.98 Å². The summed E-state index contributed by atoms with van der Waals surface area (Å²) < 4.78 is 1.42. The van der Waals surface area contributed by atoms with E-state index in [0.717, 1.165) is 28.0 Å². The standard InChI is InChI=1S/C9H6N.Sn.H/c1-2-6-9-8(4-1)5-3-7-10-9;;/h1-4,6-7H;;. The average Bonchev–Trinajstić information content (AvgIpc) is 2.06. The van der Waals surface area contributed by atoms with Crippen LogP contribution in [-0.2, 0) is 0 Å². The maximum atomic E-state index is 4.26. The van der Waals surface area contributed by atoms with Crippen LogP contribution in [0.2, 0.25) is 0 Å². The van der Waals surface area contributed by atoms with Gasteiger partial charge in [-0.1, -0.05) is 0 Å². The first-order valence-corrected chi connectivity index (χ1v) is 5.12. The molecule has 2 heteroatoms. The second-order valence-corrected chi connectivity index (χ2v) is 4.19. The van der Waals surface area contributed by atoms with Gasteiger partial charge in [-0.25, -0.2) is 0 Å². The summed E-state index contributed by atoms with van der Waals surface area (Å²) in [6.45, 7) is 0. The molecule has 0 atom stereocenters. The zero-order valence-electron chi connectivity index (χ0n) is 5.99.